The summed E-state index contributed by atoms with van der Waals surface area (Å²) in [5.41, 5.74) is 10.5. The van der Waals surface area contributed by atoms with E-state index in [9.17, 15) is 29.1 Å². The van der Waals surface area contributed by atoms with E-state index < -0.39 is 11.9 Å². The zero-order valence-electron chi connectivity index (χ0n) is 42.8. The quantitative estimate of drug-likeness (QED) is 0.0499. The molecule has 4 aliphatic heterocycles. The van der Waals surface area contributed by atoms with Gasteiger partial charge in [0.15, 0.2) is 17.3 Å². The fourth-order valence-electron chi connectivity index (χ4n) is 10.6. The molecule has 13 nitrogen and oxygen atoms in total. The van der Waals surface area contributed by atoms with Gasteiger partial charge in [-0.15, -0.1) is 0 Å². The molecule has 0 saturated heterocycles. The van der Waals surface area contributed by atoms with Crippen molar-refractivity contribution in [2.24, 2.45) is 5.92 Å². The van der Waals surface area contributed by atoms with E-state index in [0.717, 1.165) is 77.7 Å². The van der Waals surface area contributed by atoms with E-state index in [2.05, 4.69) is 17.4 Å². The zero-order valence-corrected chi connectivity index (χ0v) is 44.5. The maximum Gasteiger partial charge on any atom is 0.307 e. The van der Waals surface area contributed by atoms with Crippen molar-refractivity contribution in [2.45, 2.75) is 122 Å². The minimum atomic E-state index is -1.02. The summed E-state index contributed by atoms with van der Waals surface area (Å²) in [6, 6.07) is 29.9. The number of aryl methyl sites for hydroxylation is 3. The highest BCUT2D eigenvalue weighted by Gasteiger charge is 2.39. The Labute approximate surface area is 441 Å². The molecule has 0 spiro atoms. The Morgan fingerprint density at radius 1 is 0.770 bits per heavy atom. The number of anilines is 3. The van der Waals surface area contributed by atoms with E-state index in [4.69, 9.17) is 18.9 Å². The van der Waals surface area contributed by atoms with Crippen LogP contribution in [0.1, 0.15) is 119 Å². The summed E-state index contributed by atoms with van der Waals surface area (Å²) >= 11 is 0. The number of carbonyl (C=O) groups excluding carboxylic acids is 4. The first-order valence-corrected chi connectivity index (χ1v) is 28.0. The van der Waals surface area contributed by atoms with E-state index in [1.165, 1.54) is 32.7 Å². The van der Waals surface area contributed by atoms with Crippen molar-refractivity contribution < 1.29 is 48.0 Å². The van der Waals surface area contributed by atoms with Crippen LogP contribution in [-0.2, 0) is 58.0 Å². The number of Topliss-reactive ketones (excluding diaryl/α,β-unsaturated/α-hetero) is 1. The van der Waals surface area contributed by atoms with E-state index >= 15 is 0 Å². The second kappa shape index (κ2) is 23.1. The van der Waals surface area contributed by atoms with E-state index in [1.54, 1.807) is 13.2 Å². The number of rotatable bonds is 22. The fraction of sp³-hybridized carbons (Fsp3) is 0.407. The third kappa shape index (κ3) is 12.0. The van der Waals surface area contributed by atoms with Crippen molar-refractivity contribution in [3.05, 3.63) is 141 Å². The molecule has 0 aliphatic carbocycles. The van der Waals surface area contributed by atoms with E-state index in [0.29, 0.717) is 53.5 Å². The third-order valence-corrected chi connectivity index (χ3v) is 17.8. The topological polar surface area (TPSA) is 161 Å². The second-order valence-electron chi connectivity index (χ2n) is 20.5. The van der Waals surface area contributed by atoms with Crippen molar-refractivity contribution >= 4 is 68.1 Å². The number of benzene rings is 5. The molecule has 9 rings (SSSR count). The van der Waals surface area contributed by atoms with Crippen LogP contribution in [0.15, 0.2) is 91.0 Å². The van der Waals surface area contributed by atoms with Crippen molar-refractivity contribution in [1.29, 1.82) is 0 Å². The normalized spacial score (nSPS) is 16.9. The van der Waals surface area contributed by atoms with Crippen LogP contribution < -0.4 is 29.3 Å². The number of para-hydroxylation sites is 2. The summed E-state index contributed by atoms with van der Waals surface area (Å²) in [4.78, 5) is 70.3. The smallest absolute Gasteiger partial charge is 0.307 e. The Kier molecular flexibility index (Phi) is 16.4. The number of carbonyl (C=O) groups is 5. The number of aliphatic carboxylic acids is 1. The molecular weight excluding hydrogens is 975 g/mol. The minimum Gasteiger partial charge on any atom is -0.493 e. The lowest BCUT2D eigenvalue weighted by Crippen LogP contribution is -2.36. The van der Waals surface area contributed by atoms with Gasteiger partial charge in [0.2, 0.25) is 5.91 Å². The number of ketones is 1. The van der Waals surface area contributed by atoms with Gasteiger partial charge < -0.3 is 39.2 Å². The molecule has 388 valence electrons. The van der Waals surface area contributed by atoms with Gasteiger partial charge in [-0.05, 0) is 166 Å². The van der Waals surface area contributed by atoms with Crippen molar-refractivity contribution in [3.63, 3.8) is 0 Å². The van der Waals surface area contributed by atoms with Crippen molar-refractivity contribution in [2.75, 3.05) is 41.2 Å². The van der Waals surface area contributed by atoms with Crippen LogP contribution in [0.2, 0.25) is 0 Å². The Morgan fingerprint density at radius 2 is 1.35 bits per heavy atom. The first kappa shape index (κ1) is 52.6. The van der Waals surface area contributed by atoms with Gasteiger partial charge in [0, 0.05) is 70.2 Å². The van der Waals surface area contributed by atoms with Crippen LogP contribution in [0, 0.1) is 12.8 Å². The number of amides is 3. The molecule has 74 heavy (non-hydrogen) atoms. The standard InChI is InChI=1S/C59H65N3O10S2/c1-6-21-70-34-47(63)28-43(58(67)68)35-73-74-59(3,4)20-19-55(64)60-44-24-37(32-71-52-29-39-15-17-45-26-41-11-7-9-13-50(41)61(45)56(65)48(39)22-36(52)2)23-38(25-44)33-72-54-30-40-16-18-46-27-42-12-8-10-14-51(42)62(46)57(66)49(40)31-53(54)69-5/h7-14,22-25,29-31,43,45-46H,6,15-21,26-28,32-35H2,1-5H3,(H,60,64)(H,67,68)/t43?,45-,46-/m1/s1. The highest BCUT2D eigenvalue weighted by Crippen LogP contribution is 2.43. The second-order valence-corrected chi connectivity index (χ2v) is 23.5. The van der Waals surface area contributed by atoms with Crippen molar-refractivity contribution in [3.8, 4) is 17.2 Å². The van der Waals surface area contributed by atoms with E-state index in [-0.39, 0.29) is 78.8 Å². The molecule has 5 aromatic carbocycles. The molecule has 15 heteroatoms. The highest BCUT2D eigenvalue weighted by atomic mass is 33.1. The van der Waals surface area contributed by atoms with Gasteiger partial charge in [-0.25, -0.2) is 0 Å². The average Bonchev–Trinajstić information content (AvgIpc) is 3.88. The molecule has 0 radical (unpaired) electrons. The number of carboxylic acids is 1. The molecular formula is C59H65N3O10S2. The third-order valence-electron chi connectivity index (χ3n) is 14.4. The predicted molar refractivity (Wildman–Crippen MR) is 291 cm³/mol. The summed E-state index contributed by atoms with van der Waals surface area (Å²) < 4.78 is 23.9. The first-order chi connectivity index (χ1) is 35.7. The van der Waals surface area contributed by atoms with Crippen LogP contribution in [0.25, 0.3) is 0 Å². The molecule has 3 atom stereocenters. The van der Waals surface area contributed by atoms with Gasteiger partial charge in [-0.1, -0.05) is 64.9 Å². The predicted octanol–water partition coefficient (Wildman–Crippen LogP) is 11.2. The number of carboxylic acid groups (broad SMARTS) is 1. The fourth-order valence-corrected chi connectivity index (χ4v) is 13.5. The molecule has 4 heterocycles. The summed E-state index contributed by atoms with van der Waals surface area (Å²) in [7, 11) is 4.47. The highest BCUT2D eigenvalue weighted by molar-refractivity contribution is 8.77. The Hall–Kier alpha value is -6.29. The summed E-state index contributed by atoms with van der Waals surface area (Å²) in [5.74, 6) is -0.424. The largest absolute Gasteiger partial charge is 0.493 e. The van der Waals surface area contributed by atoms with E-state index in [1.807, 2.05) is 110 Å². The summed E-state index contributed by atoms with van der Waals surface area (Å²) in [5, 5.41) is 12.9. The number of hydrogen-bond acceptors (Lipinski definition) is 11. The van der Waals surface area contributed by atoms with Gasteiger partial charge in [0.25, 0.3) is 11.8 Å². The molecule has 0 saturated carbocycles. The van der Waals surface area contributed by atoms with Crippen LogP contribution in [0.5, 0.6) is 17.2 Å². The summed E-state index contributed by atoms with van der Waals surface area (Å²) in [6.07, 6.45) is 6.17. The average molecular weight is 1040 g/mol. The molecule has 2 N–H and O–H groups in total. The van der Waals surface area contributed by atoms with Gasteiger partial charge in [-0.2, -0.15) is 0 Å². The monoisotopic (exact) mass is 1040 g/mol. The molecule has 3 amide bonds. The zero-order chi connectivity index (χ0) is 52.1. The maximum atomic E-state index is 14.2. The lowest BCUT2D eigenvalue weighted by Gasteiger charge is -2.24. The van der Waals surface area contributed by atoms with Gasteiger partial charge in [0.1, 0.15) is 25.6 Å². The Morgan fingerprint density at radius 3 is 1.95 bits per heavy atom. The van der Waals surface area contributed by atoms with Crippen molar-refractivity contribution in [1.82, 2.24) is 0 Å². The molecule has 0 fully saturated rings. The Bertz CT molecular complexity index is 2960. The van der Waals surface area contributed by atoms with Crippen LogP contribution in [0.3, 0.4) is 0 Å². The minimum absolute atomic E-state index is 0.0173. The number of fused-ring (bicyclic) bond motifs is 8. The number of methoxy groups -OCH3 is 1. The SMILES string of the molecule is CCCOCC(=O)CC(CSSC(C)(C)CCC(=O)Nc1cc(COc2cc3c(cc2C)C(=O)N2c4ccccc4C[C@H]2CC3)cc(COc2cc3c(cc2OC)C(=O)N2c4ccccc4C[C@H]2CC3)c1)C(=O)O. The van der Waals surface area contributed by atoms with Crippen LogP contribution in [0.4, 0.5) is 17.1 Å². The molecule has 0 aromatic heterocycles. The lowest BCUT2D eigenvalue weighted by atomic mass is 9.98. The number of ether oxygens (including phenoxy) is 4. The number of nitrogens with zero attached hydrogens (tertiary/aromatic N) is 2. The van der Waals surface area contributed by atoms with Gasteiger partial charge in [0.05, 0.1) is 13.0 Å². The summed E-state index contributed by atoms with van der Waals surface area (Å²) in [6.45, 7) is 8.60. The van der Waals surface area contributed by atoms with Gasteiger partial charge >= 0.3 is 5.97 Å². The van der Waals surface area contributed by atoms with Crippen LogP contribution >= 0.6 is 21.6 Å². The lowest BCUT2D eigenvalue weighted by molar-refractivity contribution is -0.143. The molecule has 4 aliphatic rings. The first-order valence-electron chi connectivity index (χ1n) is 25.7. The Balaban J connectivity index is 0.901. The van der Waals surface area contributed by atoms with Gasteiger partial charge in [-0.3, -0.25) is 24.0 Å². The number of hydrogen-bond donors (Lipinski definition) is 2. The number of nitrogens with one attached hydrogen (secondary N) is 1. The maximum absolute atomic E-state index is 14.2. The molecule has 0 bridgehead atoms. The molecule has 1 unspecified atom stereocenters. The molecule has 5 aromatic rings. The van der Waals surface area contributed by atoms with Crippen LogP contribution in [-0.4, -0.2) is 77.5 Å².